The molecule has 1 aliphatic heterocycles. The number of carbonyl (C=O) groups excluding carboxylic acids is 1. The van der Waals surface area contributed by atoms with Crippen molar-refractivity contribution in [3.8, 4) is 0 Å². The van der Waals surface area contributed by atoms with Crippen molar-refractivity contribution in [3.05, 3.63) is 0 Å². The van der Waals surface area contributed by atoms with Crippen LogP contribution in [0.1, 0.15) is 25.7 Å². The first-order valence-corrected chi connectivity index (χ1v) is 4.83. The van der Waals surface area contributed by atoms with Gasteiger partial charge in [0, 0.05) is 25.9 Å². The highest BCUT2D eigenvalue weighted by molar-refractivity contribution is 5.78. The van der Waals surface area contributed by atoms with Crippen molar-refractivity contribution in [3.63, 3.8) is 0 Å². The van der Waals surface area contributed by atoms with E-state index in [1.54, 1.807) is 0 Å². The van der Waals surface area contributed by atoms with Gasteiger partial charge in [-0.2, -0.15) is 0 Å². The second kappa shape index (κ2) is 6.14. The van der Waals surface area contributed by atoms with E-state index in [4.69, 9.17) is 0 Å². The van der Waals surface area contributed by atoms with Crippen LogP contribution >= 0.6 is 0 Å². The van der Waals surface area contributed by atoms with Crippen LogP contribution in [0.4, 0.5) is 0 Å². The minimum absolute atomic E-state index is 0.372. The highest BCUT2D eigenvalue weighted by Crippen LogP contribution is 1.91. The Labute approximate surface area is 73.9 Å². The summed E-state index contributed by atoms with van der Waals surface area (Å²) in [6.45, 7) is 3.82. The largest absolute Gasteiger partial charge is 0.316 e. The molecule has 70 valence electrons. The normalized spacial score (nSPS) is 23.2. The number of hydrogen-bond acceptors (Lipinski definition) is 3. The lowest BCUT2D eigenvalue weighted by Crippen LogP contribution is -2.19. The standard InChI is InChI=1S/C9H18N2O/c12-9-3-7-10-5-1-2-6-11-8-4-9/h10-11H,1-8H2. The van der Waals surface area contributed by atoms with E-state index in [0.717, 1.165) is 26.2 Å². The van der Waals surface area contributed by atoms with Crippen LogP contribution in [0.25, 0.3) is 0 Å². The molecule has 0 aromatic rings. The molecule has 0 atom stereocenters. The number of nitrogens with one attached hydrogen (secondary N) is 2. The van der Waals surface area contributed by atoms with Crippen LogP contribution in [0.2, 0.25) is 0 Å². The Kier molecular flexibility index (Phi) is 4.95. The Morgan fingerprint density at radius 2 is 1.33 bits per heavy atom. The summed E-state index contributed by atoms with van der Waals surface area (Å²) in [6.07, 6.45) is 3.81. The van der Waals surface area contributed by atoms with Crippen LogP contribution < -0.4 is 10.6 Å². The average molecular weight is 170 g/mol. The Bertz CT molecular complexity index is 122. The van der Waals surface area contributed by atoms with Gasteiger partial charge in [-0.3, -0.25) is 4.79 Å². The molecule has 3 heteroatoms. The second-order valence-electron chi connectivity index (χ2n) is 3.25. The minimum Gasteiger partial charge on any atom is -0.316 e. The topological polar surface area (TPSA) is 41.1 Å². The van der Waals surface area contributed by atoms with Gasteiger partial charge in [0.2, 0.25) is 0 Å². The smallest absolute Gasteiger partial charge is 0.135 e. The average Bonchev–Trinajstić information content (AvgIpc) is 2.11. The molecule has 1 fully saturated rings. The molecule has 2 N–H and O–H groups in total. The van der Waals surface area contributed by atoms with Crippen LogP contribution in [-0.2, 0) is 4.79 Å². The maximum atomic E-state index is 11.1. The molecule has 0 aliphatic carbocycles. The highest BCUT2D eigenvalue weighted by Gasteiger charge is 2.02. The third-order valence-electron chi connectivity index (χ3n) is 2.12. The van der Waals surface area contributed by atoms with E-state index in [1.807, 2.05) is 0 Å². The first-order valence-electron chi connectivity index (χ1n) is 4.83. The molecular weight excluding hydrogens is 152 g/mol. The van der Waals surface area contributed by atoms with Crippen molar-refractivity contribution in [2.24, 2.45) is 0 Å². The van der Waals surface area contributed by atoms with Gasteiger partial charge in [0.05, 0.1) is 0 Å². The molecule has 3 nitrogen and oxygen atoms in total. The molecule has 0 aromatic carbocycles. The Hall–Kier alpha value is -0.410. The summed E-state index contributed by atoms with van der Waals surface area (Å²) < 4.78 is 0. The lowest BCUT2D eigenvalue weighted by molar-refractivity contribution is -0.118. The number of rotatable bonds is 0. The third-order valence-corrected chi connectivity index (χ3v) is 2.12. The van der Waals surface area contributed by atoms with E-state index >= 15 is 0 Å². The van der Waals surface area contributed by atoms with Crippen molar-refractivity contribution < 1.29 is 4.79 Å². The Morgan fingerprint density at radius 3 is 1.83 bits per heavy atom. The van der Waals surface area contributed by atoms with Crippen molar-refractivity contribution >= 4 is 5.78 Å². The lowest BCUT2D eigenvalue weighted by atomic mass is 10.2. The molecule has 0 amide bonds. The summed E-state index contributed by atoms with van der Waals surface area (Å²) in [6, 6.07) is 0. The third kappa shape index (κ3) is 4.46. The number of carbonyl (C=O) groups is 1. The first kappa shape index (κ1) is 9.68. The first-order chi connectivity index (χ1) is 5.89. The van der Waals surface area contributed by atoms with Crippen molar-refractivity contribution in [1.82, 2.24) is 10.6 Å². The summed E-state index contributed by atoms with van der Waals surface area (Å²) in [5, 5.41) is 6.53. The second-order valence-corrected chi connectivity index (χ2v) is 3.25. The van der Waals surface area contributed by atoms with Gasteiger partial charge in [0.15, 0.2) is 0 Å². The Balaban J connectivity index is 2.17. The molecular formula is C9H18N2O. The number of hydrogen-bond donors (Lipinski definition) is 2. The van der Waals surface area contributed by atoms with Gasteiger partial charge in [-0.1, -0.05) is 0 Å². The zero-order valence-electron chi connectivity index (χ0n) is 7.57. The summed E-state index contributed by atoms with van der Waals surface area (Å²) in [4.78, 5) is 11.1. The monoisotopic (exact) mass is 170 g/mol. The maximum absolute atomic E-state index is 11.1. The molecule has 1 heterocycles. The van der Waals surface area contributed by atoms with Crippen LogP contribution in [0, 0.1) is 0 Å². The van der Waals surface area contributed by atoms with E-state index in [2.05, 4.69) is 10.6 Å². The molecule has 0 radical (unpaired) electrons. The van der Waals surface area contributed by atoms with Gasteiger partial charge >= 0.3 is 0 Å². The molecule has 1 rings (SSSR count). The van der Waals surface area contributed by atoms with E-state index in [9.17, 15) is 4.79 Å². The van der Waals surface area contributed by atoms with Crippen molar-refractivity contribution in [1.29, 1.82) is 0 Å². The summed E-state index contributed by atoms with van der Waals surface area (Å²) in [7, 11) is 0. The predicted molar refractivity (Wildman–Crippen MR) is 49.2 cm³/mol. The van der Waals surface area contributed by atoms with Gasteiger partial charge in [0.25, 0.3) is 0 Å². The molecule has 1 aliphatic rings. The van der Waals surface area contributed by atoms with Crippen molar-refractivity contribution in [2.45, 2.75) is 25.7 Å². The molecule has 0 unspecified atom stereocenters. The zero-order chi connectivity index (χ0) is 8.65. The zero-order valence-corrected chi connectivity index (χ0v) is 7.57. The predicted octanol–water partition coefficient (Wildman–Crippen LogP) is 0.309. The van der Waals surface area contributed by atoms with E-state index in [0.29, 0.717) is 18.6 Å². The van der Waals surface area contributed by atoms with E-state index in [1.165, 1.54) is 12.8 Å². The fourth-order valence-electron chi connectivity index (χ4n) is 1.33. The lowest BCUT2D eigenvalue weighted by Gasteiger charge is -2.01. The molecule has 0 bridgehead atoms. The summed E-state index contributed by atoms with van der Waals surface area (Å²) in [5.74, 6) is 0.372. The highest BCUT2D eigenvalue weighted by atomic mass is 16.1. The van der Waals surface area contributed by atoms with Gasteiger partial charge < -0.3 is 10.6 Å². The van der Waals surface area contributed by atoms with Crippen LogP contribution in [0.15, 0.2) is 0 Å². The van der Waals surface area contributed by atoms with E-state index < -0.39 is 0 Å². The summed E-state index contributed by atoms with van der Waals surface area (Å²) >= 11 is 0. The summed E-state index contributed by atoms with van der Waals surface area (Å²) in [5.41, 5.74) is 0. The number of Topliss-reactive ketones (excluding diaryl/α,β-unsaturated/α-hetero) is 1. The van der Waals surface area contributed by atoms with Gasteiger partial charge in [-0.25, -0.2) is 0 Å². The quantitative estimate of drug-likeness (QED) is 0.549. The van der Waals surface area contributed by atoms with Crippen LogP contribution in [0.5, 0.6) is 0 Å². The molecule has 1 saturated heterocycles. The molecule has 0 saturated carbocycles. The van der Waals surface area contributed by atoms with Crippen LogP contribution in [-0.4, -0.2) is 32.0 Å². The molecule has 12 heavy (non-hydrogen) atoms. The molecule has 0 spiro atoms. The Morgan fingerprint density at radius 1 is 0.833 bits per heavy atom. The van der Waals surface area contributed by atoms with Gasteiger partial charge in [0.1, 0.15) is 5.78 Å². The number of ketones is 1. The van der Waals surface area contributed by atoms with Crippen molar-refractivity contribution in [2.75, 3.05) is 26.2 Å². The fraction of sp³-hybridized carbons (Fsp3) is 0.889. The SMILES string of the molecule is O=C1CCNCCCCNCC1. The van der Waals surface area contributed by atoms with Crippen LogP contribution in [0.3, 0.4) is 0 Å². The maximum Gasteiger partial charge on any atom is 0.135 e. The van der Waals surface area contributed by atoms with Gasteiger partial charge in [-0.15, -0.1) is 0 Å². The fourth-order valence-corrected chi connectivity index (χ4v) is 1.33. The van der Waals surface area contributed by atoms with E-state index in [-0.39, 0.29) is 0 Å². The molecule has 0 aromatic heterocycles. The van der Waals surface area contributed by atoms with Gasteiger partial charge in [-0.05, 0) is 25.9 Å². The minimum atomic E-state index is 0.372.